The molecule has 0 aliphatic carbocycles. The van der Waals surface area contributed by atoms with Crippen LogP contribution < -0.4 is 5.32 Å². The minimum atomic E-state index is 0.278. The van der Waals surface area contributed by atoms with Crippen LogP contribution in [0, 0.1) is 0 Å². The van der Waals surface area contributed by atoms with E-state index in [1.54, 1.807) is 24.0 Å². The van der Waals surface area contributed by atoms with Gasteiger partial charge in [0.25, 0.3) is 0 Å². The van der Waals surface area contributed by atoms with Crippen LogP contribution in [0.2, 0.25) is 0 Å². The molecular weight excluding hydrogens is 348 g/mol. The van der Waals surface area contributed by atoms with E-state index in [1.807, 2.05) is 4.68 Å². The van der Waals surface area contributed by atoms with Gasteiger partial charge >= 0.3 is 0 Å². The molecule has 2 aromatic heterocycles. The minimum absolute atomic E-state index is 0.278. The van der Waals surface area contributed by atoms with Gasteiger partial charge in [0.1, 0.15) is 12.7 Å². The summed E-state index contributed by atoms with van der Waals surface area (Å²) in [7, 11) is 0. The Labute approximate surface area is 136 Å². The van der Waals surface area contributed by atoms with Gasteiger partial charge in [0.2, 0.25) is 0 Å². The first kappa shape index (κ1) is 14.3. The van der Waals surface area contributed by atoms with Crippen molar-refractivity contribution in [1.82, 2.24) is 14.8 Å². The van der Waals surface area contributed by atoms with E-state index in [0.717, 1.165) is 16.7 Å². The van der Waals surface area contributed by atoms with Gasteiger partial charge in [-0.1, -0.05) is 12.1 Å². The smallest absolute Gasteiger partial charge is 0.137 e. The lowest BCUT2D eigenvalue weighted by molar-refractivity contribution is 0.685. The summed E-state index contributed by atoms with van der Waals surface area (Å²) in [6, 6.07) is 10.8. The summed E-state index contributed by atoms with van der Waals surface area (Å²) < 4.78 is 2.98. The number of hydrogen-bond acceptors (Lipinski definition) is 4. The van der Waals surface area contributed by atoms with E-state index in [-0.39, 0.29) is 6.04 Å². The summed E-state index contributed by atoms with van der Waals surface area (Å²) in [6.45, 7) is 2.91. The Kier molecular flexibility index (Phi) is 4.36. The number of halogens is 1. The van der Waals surface area contributed by atoms with Crippen molar-refractivity contribution in [3.63, 3.8) is 0 Å². The van der Waals surface area contributed by atoms with Crippen LogP contribution in [-0.4, -0.2) is 14.8 Å². The lowest BCUT2D eigenvalue weighted by Crippen LogP contribution is -2.05. The normalized spacial score (nSPS) is 12.3. The number of thiophene rings is 1. The van der Waals surface area contributed by atoms with Crippen LogP contribution in [0.1, 0.15) is 23.4 Å². The maximum absolute atomic E-state index is 4.11. The number of benzene rings is 1. The number of rotatable bonds is 5. The second-order valence-corrected chi connectivity index (χ2v) is 6.59. The molecule has 3 aromatic rings. The van der Waals surface area contributed by atoms with Crippen molar-refractivity contribution in [1.29, 1.82) is 0 Å². The Morgan fingerprint density at radius 2 is 2.10 bits per heavy atom. The molecule has 6 heteroatoms. The minimum Gasteiger partial charge on any atom is -0.378 e. The molecule has 0 fully saturated rings. The zero-order valence-electron chi connectivity index (χ0n) is 11.5. The standard InChI is InChI=1S/C15H15BrN4S/c1-11(15-14(16)6-7-21-15)19-13-4-2-12(3-5-13)8-20-10-17-9-18-20/h2-7,9-11,19H,8H2,1H3. The first-order chi connectivity index (χ1) is 10.2. The van der Waals surface area contributed by atoms with Crippen LogP contribution in [0.4, 0.5) is 5.69 Å². The fourth-order valence-corrected chi connectivity index (χ4v) is 3.86. The van der Waals surface area contributed by atoms with Crippen molar-refractivity contribution in [3.8, 4) is 0 Å². The zero-order chi connectivity index (χ0) is 14.7. The molecule has 0 saturated carbocycles. The van der Waals surface area contributed by atoms with E-state index in [9.17, 15) is 0 Å². The van der Waals surface area contributed by atoms with Crippen molar-refractivity contribution in [2.45, 2.75) is 19.5 Å². The number of aromatic nitrogens is 3. The lowest BCUT2D eigenvalue weighted by Gasteiger charge is -2.15. The van der Waals surface area contributed by atoms with Crippen molar-refractivity contribution in [2.75, 3.05) is 5.32 Å². The van der Waals surface area contributed by atoms with Crippen LogP contribution in [0.15, 0.2) is 52.8 Å². The molecule has 0 saturated heterocycles. The molecule has 1 N–H and O–H groups in total. The number of anilines is 1. The molecule has 108 valence electrons. The maximum atomic E-state index is 4.11. The summed E-state index contributed by atoms with van der Waals surface area (Å²) >= 11 is 5.33. The largest absolute Gasteiger partial charge is 0.378 e. The van der Waals surface area contributed by atoms with Crippen LogP contribution in [0.5, 0.6) is 0 Å². The van der Waals surface area contributed by atoms with Gasteiger partial charge < -0.3 is 5.32 Å². The van der Waals surface area contributed by atoms with Crippen molar-refractivity contribution in [3.05, 3.63) is 63.3 Å². The lowest BCUT2D eigenvalue weighted by atomic mass is 10.2. The van der Waals surface area contributed by atoms with Gasteiger partial charge in [0, 0.05) is 15.0 Å². The number of hydrogen-bond donors (Lipinski definition) is 1. The summed E-state index contributed by atoms with van der Waals surface area (Å²) in [5, 5.41) is 9.72. The number of nitrogens with one attached hydrogen (secondary N) is 1. The third-order valence-corrected chi connectivity index (χ3v) is 5.24. The van der Waals surface area contributed by atoms with Crippen molar-refractivity contribution in [2.24, 2.45) is 0 Å². The predicted molar refractivity (Wildman–Crippen MR) is 89.6 cm³/mol. The molecule has 1 unspecified atom stereocenters. The predicted octanol–water partition coefficient (Wildman–Crippen LogP) is 4.32. The summed E-state index contributed by atoms with van der Waals surface area (Å²) in [5.74, 6) is 0. The summed E-state index contributed by atoms with van der Waals surface area (Å²) in [5.41, 5.74) is 2.32. The average molecular weight is 363 g/mol. The van der Waals surface area contributed by atoms with Gasteiger partial charge in [-0.15, -0.1) is 11.3 Å². The monoisotopic (exact) mass is 362 g/mol. The average Bonchev–Trinajstić information content (AvgIpc) is 3.12. The van der Waals surface area contributed by atoms with Gasteiger partial charge in [-0.25, -0.2) is 9.67 Å². The molecule has 0 aliphatic rings. The Bertz CT molecular complexity index is 691. The molecule has 0 bridgehead atoms. The van der Waals surface area contributed by atoms with Gasteiger partial charge in [0.15, 0.2) is 0 Å². The summed E-state index contributed by atoms with van der Waals surface area (Å²) in [4.78, 5) is 5.26. The van der Waals surface area contributed by atoms with Gasteiger partial charge in [0.05, 0.1) is 12.6 Å². The fourth-order valence-electron chi connectivity index (χ4n) is 2.14. The fraction of sp³-hybridized carbons (Fsp3) is 0.200. The molecule has 0 amide bonds. The van der Waals surface area contributed by atoms with Gasteiger partial charge in [-0.3, -0.25) is 0 Å². The maximum Gasteiger partial charge on any atom is 0.137 e. The van der Waals surface area contributed by atoms with Crippen molar-refractivity contribution >= 4 is 33.0 Å². The van der Waals surface area contributed by atoms with Gasteiger partial charge in [-0.2, -0.15) is 5.10 Å². The Morgan fingerprint density at radius 1 is 1.29 bits per heavy atom. The Hall–Kier alpha value is -1.66. The van der Waals surface area contributed by atoms with E-state index in [4.69, 9.17) is 0 Å². The highest BCUT2D eigenvalue weighted by Crippen LogP contribution is 2.31. The molecule has 0 aliphatic heterocycles. The SMILES string of the molecule is CC(Nc1ccc(Cn2cncn2)cc1)c1sccc1Br. The van der Waals surface area contributed by atoms with E-state index in [1.165, 1.54) is 10.4 Å². The zero-order valence-corrected chi connectivity index (χ0v) is 13.9. The summed E-state index contributed by atoms with van der Waals surface area (Å²) in [6.07, 6.45) is 3.28. The van der Waals surface area contributed by atoms with E-state index < -0.39 is 0 Å². The first-order valence-corrected chi connectivity index (χ1v) is 8.30. The highest BCUT2D eigenvalue weighted by atomic mass is 79.9. The Morgan fingerprint density at radius 3 is 2.71 bits per heavy atom. The quantitative estimate of drug-likeness (QED) is 0.734. The topological polar surface area (TPSA) is 42.7 Å². The van der Waals surface area contributed by atoms with Crippen LogP contribution in [-0.2, 0) is 6.54 Å². The van der Waals surface area contributed by atoms with Gasteiger partial charge in [-0.05, 0) is 52.0 Å². The second-order valence-electron chi connectivity index (χ2n) is 4.79. The van der Waals surface area contributed by atoms with E-state index in [0.29, 0.717) is 0 Å². The molecule has 0 radical (unpaired) electrons. The molecule has 4 nitrogen and oxygen atoms in total. The second kappa shape index (κ2) is 6.41. The molecule has 2 heterocycles. The molecule has 1 atom stereocenters. The van der Waals surface area contributed by atoms with Crippen molar-refractivity contribution < 1.29 is 0 Å². The molecular formula is C15H15BrN4S. The van der Waals surface area contributed by atoms with E-state index >= 15 is 0 Å². The third-order valence-electron chi connectivity index (χ3n) is 3.19. The van der Waals surface area contributed by atoms with Crippen LogP contribution in [0.3, 0.4) is 0 Å². The third kappa shape index (κ3) is 3.51. The Balaban J connectivity index is 1.66. The number of nitrogens with zero attached hydrogens (tertiary/aromatic N) is 3. The molecule has 3 rings (SSSR count). The molecule has 0 spiro atoms. The van der Waals surface area contributed by atoms with Crippen LogP contribution >= 0.6 is 27.3 Å². The van der Waals surface area contributed by atoms with Crippen LogP contribution in [0.25, 0.3) is 0 Å². The molecule has 1 aromatic carbocycles. The molecule has 21 heavy (non-hydrogen) atoms. The highest BCUT2D eigenvalue weighted by Gasteiger charge is 2.10. The van der Waals surface area contributed by atoms with E-state index in [2.05, 4.69) is 74.0 Å². The highest BCUT2D eigenvalue weighted by molar-refractivity contribution is 9.10. The first-order valence-electron chi connectivity index (χ1n) is 6.63.